The average molecular weight is 522 g/mol. The summed E-state index contributed by atoms with van der Waals surface area (Å²) in [5.41, 5.74) is 11.8. The monoisotopic (exact) mass is 521 g/mol. The van der Waals surface area contributed by atoms with Gasteiger partial charge in [-0.15, -0.1) is 0 Å². The summed E-state index contributed by atoms with van der Waals surface area (Å²) >= 11 is 1.39. The molecule has 0 bridgehead atoms. The van der Waals surface area contributed by atoms with E-state index in [1.54, 1.807) is 0 Å². The van der Waals surface area contributed by atoms with Gasteiger partial charge in [0.15, 0.2) is 5.13 Å². The van der Waals surface area contributed by atoms with Crippen molar-refractivity contribution in [3.63, 3.8) is 0 Å². The van der Waals surface area contributed by atoms with E-state index < -0.39 is 6.67 Å². The summed E-state index contributed by atoms with van der Waals surface area (Å²) in [4.78, 5) is 21.8. The van der Waals surface area contributed by atoms with E-state index >= 15 is 0 Å². The number of halogens is 1. The topological polar surface area (TPSA) is 102 Å². The Morgan fingerprint density at radius 3 is 2.78 bits per heavy atom. The van der Waals surface area contributed by atoms with Gasteiger partial charge in [0, 0.05) is 41.7 Å². The minimum absolute atomic E-state index is 0.154. The van der Waals surface area contributed by atoms with E-state index in [0.29, 0.717) is 30.7 Å². The second kappa shape index (κ2) is 10.5. The molecule has 3 aromatic heterocycles. The molecule has 1 aliphatic rings. The van der Waals surface area contributed by atoms with Crippen molar-refractivity contribution < 1.29 is 9.13 Å². The van der Waals surface area contributed by atoms with E-state index in [1.165, 1.54) is 11.3 Å². The van der Waals surface area contributed by atoms with E-state index in [9.17, 15) is 4.39 Å². The van der Waals surface area contributed by atoms with Crippen molar-refractivity contribution in [2.45, 2.75) is 46.2 Å². The second-order valence-corrected chi connectivity index (χ2v) is 10.6. The molecule has 0 radical (unpaired) electrons. The number of thiazole rings is 1. The fraction of sp³-hybridized carbons (Fsp3) is 0.407. The molecule has 0 saturated heterocycles. The van der Waals surface area contributed by atoms with Crippen LogP contribution in [0.3, 0.4) is 0 Å². The van der Waals surface area contributed by atoms with Crippen molar-refractivity contribution in [1.82, 2.24) is 25.3 Å². The van der Waals surface area contributed by atoms with Crippen molar-refractivity contribution in [1.29, 1.82) is 0 Å². The molecule has 4 heterocycles. The van der Waals surface area contributed by atoms with E-state index in [4.69, 9.17) is 20.4 Å². The Hall–Kier alpha value is -3.37. The number of pyridine rings is 1. The molecule has 194 valence electrons. The molecule has 8 nitrogen and oxygen atoms in total. The van der Waals surface area contributed by atoms with Gasteiger partial charge in [-0.25, -0.2) is 24.3 Å². The molecular weight excluding hydrogens is 489 g/mol. The van der Waals surface area contributed by atoms with Gasteiger partial charge in [0.1, 0.15) is 41.0 Å². The van der Waals surface area contributed by atoms with Gasteiger partial charge in [0.05, 0.1) is 12.6 Å². The lowest BCUT2D eigenvalue weighted by molar-refractivity contribution is 0.331. The summed E-state index contributed by atoms with van der Waals surface area (Å²) in [6, 6.07) is 8.10. The van der Waals surface area contributed by atoms with Gasteiger partial charge in [-0.2, -0.15) is 0 Å². The number of benzene rings is 1. The minimum atomic E-state index is -0.429. The number of anilines is 2. The highest BCUT2D eigenvalue weighted by atomic mass is 32.1. The van der Waals surface area contributed by atoms with Crippen LogP contribution in [0.5, 0.6) is 5.75 Å². The first-order chi connectivity index (χ1) is 17.8. The molecule has 5 rings (SSSR count). The zero-order valence-corrected chi connectivity index (χ0v) is 22.4. The van der Waals surface area contributed by atoms with Crippen LogP contribution in [0.1, 0.15) is 55.4 Å². The quantitative estimate of drug-likeness (QED) is 0.343. The van der Waals surface area contributed by atoms with Crippen LogP contribution in [0.2, 0.25) is 0 Å². The maximum atomic E-state index is 12.8. The standard InChI is InChI=1S/C27H32FN7OS/c1-15(2)23-16(3)32-24(17(4)30-8-7-28)34-25(23)35-9-10-36-22-6-5-18(11-20(22)14-35)19-12-21-26(31-13-19)37-27(29)33-21/h5-6,11-13,15,17,30H,7-10,14H2,1-4H3,(H2,29,33)/t17-/m1/s1. The fourth-order valence-corrected chi connectivity index (χ4v) is 5.47. The number of hydrogen-bond acceptors (Lipinski definition) is 9. The summed E-state index contributed by atoms with van der Waals surface area (Å²) in [5.74, 6) is 2.70. The van der Waals surface area contributed by atoms with Crippen LogP contribution in [-0.2, 0) is 6.54 Å². The Balaban J connectivity index is 1.51. The number of ether oxygens (including phenoxy) is 1. The molecular formula is C27H32FN7OS. The van der Waals surface area contributed by atoms with Crippen molar-refractivity contribution in [3.8, 4) is 16.9 Å². The fourth-order valence-electron chi connectivity index (χ4n) is 4.81. The molecule has 1 aromatic carbocycles. The van der Waals surface area contributed by atoms with E-state index in [1.807, 2.05) is 32.2 Å². The zero-order valence-electron chi connectivity index (χ0n) is 21.6. The lowest BCUT2D eigenvalue weighted by Gasteiger charge is -2.27. The highest BCUT2D eigenvalue weighted by Gasteiger charge is 2.25. The van der Waals surface area contributed by atoms with Gasteiger partial charge in [-0.3, -0.25) is 0 Å². The van der Waals surface area contributed by atoms with Crippen LogP contribution in [0.4, 0.5) is 15.3 Å². The Bertz CT molecular complexity index is 1420. The molecule has 4 aromatic rings. The van der Waals surface area contributed by atoms with Gasteiger partial charge >= 0.3 is 0 Å². The Morgan fingerprint density at radius 1 is 1.16 bits per heavy atom. The number of nitrogen functional groups attached to an aromatic ring is 1. The molecule has 1 aliphatic heterocycles. The normalized spacial score (nSPS) is 14.5. The molecule has 1 atom stereocenters. The van der Waals surface area contributed by atoms with Gasteiger partial charge in [-0.1, -0.05) is 31.3 Å². The predicted molar refractivity (Wildman–Crippen MR) is 147 cm³/mol. The highest BCUT2D eigenvalue weighted by Crippen LogP contribution is 2.35. The molecule has 0 saturated carbocycles. The number of nitrogens with zero attached hydrogens (tertiary/aromatic N) is 5. The van der Waals surface area contributed by atoms with E-state index in [-0.39, 0.29) is 18.5 Å². The first-order valence-electron chi connectivity index (χ1n) is 12.5. The summed E-state index contributed by atoms with van der Waals surface area (Å²) in [6.45, 7) is 10.0. The number of rotatable bonds is 7. The zero-order chi connectivity index (χ0) is 26.1. The number of aromatic nitrogens is 4. The van der Waals surface area contributed by atoms with Crippen LogP contribution >= 0.6 is 11.3 Å². The lowest BCUT2D eigenvalue weighted by atomic mass is 10.0. The Labute approximate surface area is 220 Å². The predicted octanol–water partition coefficient (Wildman–Crippen LogP) is 5.18. The van der Waals surface area contributed by atoms with Crippen molar-refractivity contribution in [2.75, 3.05) is 37.0 Å². The van der Waals surface area contributed by atoms with Gasteiger partial charge < -0.3 is 20.7 Å². The first-order valence-corrected chi connectivity index (χ1v) is 13.4. The number of aryl methyl sites for hydroxylation is 1. The summed E-state index contributed by atoms with van der Waals surface area (Å²) in [5, 5.41) is 3.68. The van der Waals surface area contributed by atoms with Gasteiger partial charge in [0.25, 0.3) is 0 Å². The van der Waals surface area contributed by atoms with Crippen LogP contribution in [0, 0.1) is 6.92 Å². The van der Waals surface area contributed by atoms with Crippen molar-refractivity contribution >= 4 is 32.6 Å². The molecule has 37 heavy (non-hydrogen) atoms. The maximum absolute atomic E-state index is 12.8. The third-order valence-electron chi connectivity index (χ3n) is 6.58. The van der Waals surface area contributed by atoms with Gasteiger partial charge in [-0.05, 0) is 43.5 Å². The number of nitrogens with one attached hydrogen (secondary N) is 1. The highest BCUT2D eigenvalue weighted by molar-refractivity contribution is 7.21. The van der Waals surface area contributed by atoms with Crippen molar-refractivity contribution in [3.05, 3.63) is 53.1 Å². The maximum Gasteiger partial charge on any atom is 0.182 e. The van der Waals surface area contributed by atoms with Crippen LogP contribution < -0.4 is 20.7 Å². The SMILES string of the molecule is Cc1nc([C@@H](C)NCCF)nc(N2CCOc3ccc(-c4cnc5sc(N)nc5c4)cc3C2)c1C(C)C. The summed E-state index contributed by atoms with van der Waals surface area (Å²) in [7, 11) is 0. The number of alkyl halides is 1. The first kappa shape index (κ1) is 25.3. The van der Waals surface area contributed by atoms with E-state index in [2.05, 4.69) is 46.2 Å². The van der Waals surface area contributed by atoms with E-state index in [0.717, 1.165) is 49.9 Å². The molecule has 0 aliphatic carbocycles. The summed E-state index contributed by atoms with van der Waals surface area (Å²) in [6.07, 6.45) is 1.86. The molecule has 0 spiro atoms. The van der Waals surface area contributed by atoms with Crippen LogP contribution in [0.15, 0.2) is 30.5 Å². The molecule has 3 N–H and O–H groups in total. The Morgan fingerprint density at radius 2 is 2.00 bits per heavy atom. The third-order valence-corrected chi connectivity index (χ3v) is 7.39. The molecule has 0 unspecified atom stereocenters. The molecule has 0 fully saturated rings. The molecule has 0 amide bonds. The smallest absolute Gasteiger partial charge is 0.182 e. The minimum Gasteiger partial charge on any atom is -0.491 e. The van der Waals surface area contributed by atoms with Crippen molar-refractivity contribution in [2.24, 2.45) is 0 Å². The number of fused-ring (bicyclic) bond motifs is 2. The lowest BCUT2D eigenvalue weighted by Crippen LogP contribution is -2.30. The molecule has 10 heteroatoms. The van der Waals surface area contributed by atoms with Crippen LogP contribution in [-0.4, -0.2) is 46.3 Å². The largest absolute Gasteiger partial charge is 0.491 e. The summed E-state index contributed by atoms with van der Waals surface area (Å²) < 4.78 is 18.9. The van der Waals surface area contributed by atoms with Gasteiger partial charge in [0.2, 0.25) is 0 Å². The number of nitrogens with two attached hydrogens (primary N) is 1. The second-order valence-electron chi connectivity index (χ2n) is 9.62. The Kier molecular flexibility index (Phi) is 7.21. The number of hydrogen-bond donors (Lipinski definition) is 2. The third kappa shape index (κ3) is 5.21. The van der Waals surface area contributed by atoms with Crippen LogP contribution in [0.25, 0.3) is 21.5 Å². The average Bonchev–Trinajstić information content (AvgIpc) is 3.11.